The number of pyridine rings is 1. The van der Waals surface area contributed by atoms with Crippen LogP contribution in [0.2, 0.25) is 0 Å². The number of anilines is 2. The molecule has 1 saturated heterocycles. The molecule has 2 fully saturated rings. The first kappa shape index (κ1) is 21.1. The SMILES string of the molecule is CCc1nc2c(N)ncc(-c3cnn(C4CCNCC4)c3)c2nc1NC1CCCC(O)C1. The Morgan fingerprint density at radius 1 is 1.16 bits per heavy atom. The lowest BCUT2D eigenvalue weighted by molar-refractivity contribution is 0.124. The van der Waals surface area contributed by atoms with Gasteiger partial charge in [0.1, 0.15) is 16.9 Å². The van der Waals surface area contributed by atoms with Crippen molar-refractivity contribution in [2.75, 3.05) is 24.1 Å². The monoisotopic (exact) mass is 436 g/mol. The molecule has 2 aliphatic rings. The Hall–Kier alpha value is -2.78. The van der Waals surface area contributed by atoms with Gasteiger partial charge >= 0.3 is 0 Å². The van der Waals surface area contributed by atoms with Gasteiger partial charge in [-0.1, -0.05) is 6.92 Å². The van der Waals surface area contributed by atoms with E-state index in [4.69, 9.17) is 15.7 Å². The van der Waals surface area contributed by atoms with Gasteiger partial charge in [-0.25, -0.2) is 15.0 Å². The summed E-state index contributed by atoms with van der Waals surface area (Å²) in [5.41, 5.74) is 10.3. The molecule has 9 nitrogen and oxygen atoms in total. The number of rotatable bonds is 5. The largest absolute Gasteiger partial charge is 0.393 e. The second-order valence-corrected chi connectivity index (χ2v) is 8.98. The van der Waals surface area contributed by atoms with E-state index in [0.29, 0.717) is 17.4 Å². The zero-order chi connectivity index (χ0) is 22.1. The Kier molecular flexibility index (Phi) is 5.93. The van der Waals surface area contributed by atoms with Gasteiger partial charge in [0.15, 0.2) is 5.82 Å². The summed E-state index contributed by atoms with van der Waals surface area (Å²) >= 11 is 0. The number of nitrogens with one attached hydrogen (secondary N) is 2. The van der Waals surface area contributed by atoms with Crippen molar-refractivity contribution in [2.45, 2.75) is 70.1 Å². The minimum Gasteiger partial charge on any atom is -0.393 e. The van der Waals surface area contributed by atoms with E-state index in [-0.39, 0.29) is 12.1 Å². The molecule has 4 heterocycles. The van der Waals surface area contributed by atoms with Gasteiger partial charge in [0, 0.05) is 29.6 Å². The maximum atomic E-state index is 10.1. The number of hydrogen-bond donors (Lipinski definition) is 4. The predicted octanol–water partition coefficient (Wildman–Crippen LogP) is 2.67. The van der Waals surface area contributed by atoms with Crippen LogP contribution in [0.4, 0.5) is 11.6 Å². The molecule has 3 aromatic heterocycles. The summed E-state index contributed by atoms with van der Waals surface area (Å²) < 4.78 is 2.06. The Balaban J connectivity index is 1.53. The number of aryl methyl sites for hydroxylation is 1. The summed E-state index contributed by atoms with van der Waals surface area (Å²) in [5, 5.41) is 21.7. The number of nitrogens with zero attached hydrogens (tertiary/aromatic N) is 5. The second kappa shape index (κ2) is 8.99. The molecule has 32 heavy (non-hydrogen) atoms. The number of aliphatic hydroxyl groups excluding tert-OH is 1. The number of hydrogen-bond acceptors (Lipinski definition) is 8. The molecule has 0 bridgehead atoms. The second-order valence-electron chi connectivity index (χ2n) is 8.98. The highest BCUT2D eigenvalue weighted by molar-refractivity contribution is 5.96. The molecule has 9 heteroatoms. The molecule has 0 amide bonds. The summed E-state index contributed by atoms with van der Waals surface area (Å²) in [4.78, 5) is 14.3. The van der Waals surface area contributed by atoms with Crippen LogP contribution in [0.3, 0.4) is 0 Å². The van der Waals surface area contributed by atoms with Gasteiger partial charge in [-0.3, -0.25) is 4.68 Å². The average Bonchev–Trinajstić information content (AvgIpc) is 3.30. The van der Waals surface area contributed by atoms with E-state index in [1.54, 1.807) is 6.20 Å². The van der Waals surface area contributed by atoms with Crippen LogP contribution in [0, 0.1) is 0 Å². The first-order chi connectivity index (χ1) is 15.6. The zero-order valence-corrected chi connectivity index (χ0v) is 18.6. The van der Waals surface area contributed by atoms with Gasteiger partial charge in [-0.15, -0.1) is 0 Å². The molecular weight excluding hydrogens is 404 g/mol. The molecule has 5 rings (SSSR count). The van der Waals surface area contributed by atoms with Gasteiger partial charge in [0.05, 0.1) is 24.0 Å². The van der Waals surface area contributed by atoms with Gasteiger partial charge in [0.25, 0.3) is 0 Å². The van der Waals surface area contributed by atoms with Crippen molar-refractivity contribution in [3.63, 3.8) is 0 Å². The van der Waals surface area contributed by atoms with Crippen LogP contribution >= 0.6 is 0 Å². The lowest BCUT2D eigenvalue weighted by Gasteiger charge is -2.27. The molecule has 3 aromatic rings. The van der Waals surface area contributed by atoms with Crippen molar-refractivity contribution in [3.05, 3.63) is 24.3 Å². The average molecular weight is 437 g/mol. The minimum atomic E-state index is -0.254. The van der Waals surface area contributed by atoms with E-state index in [2.05, 4.69) is 38.5 Å². The van der Waals surface area contributed by atoms with Crippen LogP contribution in [0.15, 0.2) is 18.6 Å². The molecule has 0 aromatic carbocycles. The van der Waals surface area contributed by atoms with E-state index in [9.17, 15) is 5.11 Å². The van der Waals surface area contributed by atoms with Crippen LogP contribution in [0.25, 0.3) is 22.2 Å². The number of nitrogen functional groups attached to an aromatic ring is 1. The normalized spacial score (nSPS) is 22.3. The molecule has 1 aliphatic heterocycles. The quantitative estimate of drug-likeness (QED) is 0.481. The fraction of sp³-hybridized carbons (Fsp3) is 0.565. The fourth-order valence-electron chi connectivity index (χ4n) is 4.90. The highest BCUT2D eigenvalue weighted by Gasteiger charge is 2.23. The fourth-order valence-corrected chi connectivity index (χ4v) is 4.90. The Labute approximate surface area is 187 Å². The van der Waals surface area contributed by atoms with Gasteiger partial charge < -0.3 is 21.5 Å². The molecule has 0 spiro atoms. The van der Waals surface area contributed by atoms with Crippen molar-refractivity contribution < 1.29 is 5.11 Å². The molecule has 2 unspecified atom stereocenters. The predicted molar refractivity (Wildman–Crippen MR) is 125 cm³/mol. The molecular formula is C23H32N8O. The highest BCUT2D eigenvalue weighted by atomic mass is 16.3. The van der Waals surface area contributed by atoms with Crippen LogP contribution < -0.4 is 16.4 Å². The zero-order valence-electron chi connectivity index (χ0n) is 18.6. The van der Waals surface area contributed by atoms with E-state index in [1.807, 2.05) is 6.20 Å². The molecule has 0 radical (unpaired) electrons. The van der Waals surface area contributed by atoms with Crippen molar-refractivity contribution in [1.29, 1.82) is 0 Å². The summed E-state index contributed by atoms with van der Waals surface area (Å²) in [6, 6.07) is 0.604. The van der Waals surface area contributed by atoms with E-state index in [1.165, 1.54) is 0 Å². The Bertz CT molecular complexity index is 1090. The Morgan fingerprint density at radius 2 is 2.00 bits per heavy atom. The summed E-state index contributed by atoms with van der Waals surface area (Å²) in [5.74, 6) is 1.16. The summed E-state index contributed by atoms with van der Waals surface area (Å²) in [6.45, 7) is 4.10. The van der Waals surface area contributed by atoms with E-state index < -0.39 is 0 Å². The van der Waals surface area contributed by atoms with Crippen LogP contribution in [-0.2, 0) is 6.42 Å². The van der Waals surface area contributed by atoms with Gasteiger partial charge in [-0.2, -0.15) is 5.10 Å². The van der Waals surface area contributed by atoms with Crippen LogP contribution in [-0.4, -0.2) is 55.1 Å². The topological polar surface area (TPSA) is 127 Å². The molecule has 170 valence electrons. The van der Waals surface area contributed by atoms with E-state index >= 15 is 0 Å². The highest BCUT2D eigenvalue weighted by Crippen LogP contribution is 2.32. The number of piperidine rings is 1. The number of fused-ring (bicyclic) bond motifs is 1. The maximum absolute atomic E-state index is 10.1. The molecule has 1 aliphatic carbocycles. The molecule has 5 N–H and O–H groups in total. The first-order valence-corrected chi connectivity index (χ1v) is 11.8. The lowest BCUT2D eigenvalue weighted by atomic mass is 9.93. The third-order valence-electron chi connectivity index (χ3n) is 6.72. The van der Waals surface area contributed by atoms with Crippen molar-refractivity contribution in [2.24, 2.45) is 0 Å². The summed E-state index contributed by atoms with van der Waals surface area (Å²) in [6.07, 6.45) is 12.0. The van der Waals surface area contributed by atoms with Gasteiger partial charge in [-0.05, 0) is 58.0 Å². The van der Waals surface area contributed by atoms with Crippen LogP contribution in [0.5, 0.6) is 0 Å². The molecule has 2 atom stereocenters. The number of aliphatic hydroxyl groups is 1. The van der Waals surface area contributed by atoms with Crippen molar-refractivity contribution >= 4 is 22.7 Å². The van der Waals surface area contributed by atoms with Gasteiger partial charge in [0.2, 0.25) is 0 Å². The third-order valence-corrected chi connectivity index (χ3v) is 6.72. The third kappa shape index (κ3) is 4.14. The van der Waals surface area contributed by atoms with Crippen LogP contribution in [0.1, 0.15) is 57.2 Å². The lowest BCUT2D eigenvalue weighted by Crippen LogP contribution is -2.30. The summed E-state index contributed by atoms with van der Waals surface area (Å²) in [7, 11) is 0. The maximum Gasteiger partial charge on any atom is 0.151 e. The smallest absolute Gasteiger partial charge is 0.151 e. The first-order valence-electron chi connectivity index (χ1n) is 11.8. The van der Waals surface area contributed by atoms with Crippen molar-refractivity contribution in [1.82, 2.24) is 30.0 Å². The van der Waals surface area contributed by atoms with E-state index in [0.717, 1.165) is 86.2 Å². The standard InChI is InChI=1S/C23H32N8O/c1-2-19-23(28-15-4-3-5-17(32)10-15)30-20-18(12-26-22(24)21(20)29-19)14-11-27-31(13-14)16-6-8-25-9-7-16/h11-13,15-17,25,32H,2-10H2,1H3,(H2,24,26)(H,28,30). The molecule has 1 saturated carbocycles. The van der Waals surface area contributed by atoms with Crippen molar-refractivity contribution in [3.8, 4) is 11.1 Å². The number of nitrogens with two attached hydrogens (primary N) is 1. The Morgan fingerprint density at radius 3 is 2.78 bits per heavy atom. The minimum absolute atomic E-state index is 0.195. The number of aromatic nitrogens is 5.